The molecule has 1 atom stereocenters. The first-order chi connectivity index (χ1) is 18.9. The molecule has 0 radical (unpaired) electrons. The van der Waals surface area contributed by atoms with Gasteiger partial charge in [0.05, 0.1) is 48.9 Å². The summed E-state index contributed by atoms with van der Waals surface area (Å²) in [5.41, 5.74) is 8.53. The van der Waals surface area contributed by atoms with Gasteiger partial charge in [-0.05, 0) is 56.0 Å². The lowest BCUT2D eigenvalue weighted by Crippen LogP contribution is -2.37. The summed E-state index contributed by atoms with van der Waals surface area (Å²) < 4.78 is 19.5. The van der Waals surface area contributed by atoms with Crippen LogP contribution in [0.5, 0.6) is 0 Å². The van der Waals surface area contributed by atoms with Crippen molar-refractivity contribution < 1.29 is 9.13 Å². The van der Waals surface area contributed by atoms with Crippen LogP contribution >= 0.6 is 0 Å². The molecule has 3 heterocycles. The molecule has 0 amide bonds. The summed E-state index contributed by atoms with van der Waals surface area (Å²) in [6, 6.07) is 12.0. The number of aliphatic imine (C=N–C) groups is 1. The van der Waals surface area contributed by atoms with Gasteiger partial charge in [0, 0.05) is 25.0 Å². The highest BCUT2D eigenvalue weighted by Crippen LogP contribution is 2.21. The lowest BCUT2D eigenvalue weighted by Gasteiger charge is -2.27. The zero-order chi connectivity index (χ0) is 27.6. The van der Waals surface area contributed by atoms with E-state index in [-0.39, 0.29) is 11.8 Å². The minimum Gasteiger partial charge on any atom is -0.378 e. The van der Waals surface area contributed by atoms with Crippen molar-refractivity contribution in [3.8, 4) is 0 Å². The highest BCUT2D eigenvalue weighted by Gasteiger charge is 2.17. The summed E-state index contributed by atoms with van der Waals surface area (Å²) in [6.07, 6.45) is 7.38. The molecule has 4 rings (SSSR count). The molecule has 2 N–H and O–H groups in total. The molecule has 3 aromatic rings. The van der Waals surface area contributed by atoms with Gasteiger partial charge >= 0.3 is 0 Å². The van der Waals surface area contributed by atoms with E-state index in [1.54, 1.807) is 12.4 Å². The predicted molar refractivity (Wildman–Crippen MR) is 156 cm³/mol. The van der Waals surface area contributed by atoms with Crippen LogP contribution in [0.2, 0.25) is 0 Å². The molecular formula is C29H35FN8O. The number of hydrazone groups is 1. The van der Waals surface area contributed by atoms with E-state index >= 15 is 0 Å². The zero-order valence-corrected chi connectivity index (χ0v) is 22.9. The van der Waals surface area contributed by atoms with E-state index in [0.717, 1.165) is 40.8 Å². The van der Waals surface area contributed by atoms with Crippen LogP contribution in [-0.4, -0.2) is 53.2 Å². The highest BCUT2D eigenvalue weighted by atomic mass is 19.1. The monoisotopic (exact) mass is 530 g/mol. The van der Waals surface area contributed by atoms with Crippen LogP contribution in [0.15, 0.2) is 70.7 Å². The Bertz CT molecular complexity index is 1330. The van der Waals surface area contributed by atoms with Crippen LogP contribution in [0.1, 0.15) is 45.4 Å². The Labute approximate surface area is 229 Å². The summed E-state index contributed by atoms with van der Waals surface area (Å²) in [6.45, 7) is 10.7. The van der Waals surface area contributed by atoms with Gasteiger partial charge in [-0.15, -0.1) is 0 Å². The van der Waals surface area contributed by atoms with Crippen LogP contribution in [0.3, 0.4) is 0 Å². The zero-order valence-electron chi connectivity index (χ0n) is 22.9. The number of rotatable bonds is 10. The van der Waals surface area contributed by atoms with Crippen molar-refractivity contribution in [1.82, 2.24) is 15.0 Å². The van der Waals surface area contributed by atoms with E-state index in [1.807, 2.05) is 49.2 Å². The fraction of sp³-hybridized carbons (Fsp3) is 0.345. The molecule has 1 aromatic carbocycles. The molecule has 204 valence electrons. The van der Waals surface area contributed by atoms with E-state index in [2.05, 4.69) is 56.8 Å². The fourth-order valence-corrected chi connectivity index (χ4v) is 3.92. The maximum Gasteiger partial charge on any atom is 0.245 e. The Morgan fingerprint density at radius 3 is 2.67 bits per heavy atom. The van der Waals surface area contributed by atoms with Gasteiger partial charge in [-0.25, -0.2) is 14.8 Å². The Kier molecular flexibility index (Phi) is 9.69. The van der Waals surface area contributed by atoms with Crippen LogP contribution in [0, 0.1) is 11.7 Å². The first kappa shape index (κ1) is 27.8. The summed E-state index contributed by atoms with van der Waals surface area (Å²) in [5.74, 6) is 0.314. The van der Waals surface area contributed by atoms with Crippen molar-refractivity contribution in [2.75, 3.05) is 41.9 Å². The smallest absolute Gasteiger partial charge is 0.245 e. The van der Waals surface area contributed by atoms with Gasteiger partial charge in [0.15, 0.2) is 11.6 Å². The first-order valence-corrected chi connectivity index (χ1v) is 13.1. The Morgan fingerprint density at radius 2 is 1.95 bits per heavy atom. The van der Waals surface area contributed by atoms with E-state index in [9.17, 15) is 4.39 Å². The number of ether oxygens (including phenoxy) is 1. The average Bonchev–Trinajstić information content (AvgIpc) is 2.95. The molecule has 1 fully saturated rings. The minimum atomic E-state index is -0.474. The molecule has 1 aliphatic heterocycles. The van der Waals surface area contributed by atoms with Gasteiger partial charge in [-0.3, -0.25) is 9.98 Å². The standard InChI is InChI=1S/C29H35FN8O/c1-5-21(4)27(32-16-20(2)3)22-7-6-8-23(15-22)35-25-10-9-24(31-17-25)18-34-37-29-33-19-26(30)28(36-29)38-11-13-39-14-12-38/h6-10,15-19,21,35H,5,11-14H2,1-4H3,(H,33,36,37)/b32-27?,34-18+. The summed E-state index contributed by atoms with van der Waals surface area (Å²) in [7, 11) is 0. The third kappa shape index (κ3) is 7.90. The number of morpholine rings is 1. The lowest BCUT2D eigenvalue weighted by atomic mass is 9.95. The number of allylic oxidation sites excluding steroid dienone is 1. The molecule has 0 saturated carbocycles. The number of aromatic nitrogens is 3. The van der Waals surface area contributed by atoms with Crippen LogP contribution in [0.25, 0.3) is 0 Å². The second-order valence-corrected chi connectivity index (χ2v) is 9.54. The molecule has 1 unspecified atom stereocenters. The largest absolute Gasteiger partial charge is 0.378 e. The van der Waals surface area contributed by atoms with Crippen LogP contribution < -0.4 is 15.6 Å². The summed E-state index contributed by atoms with van der Waals surface area (Å²) >= 11 is 0. The van der Waals surface area contributed by atoms with Crippen molar-refractivity contribution in [1.29, 1.82) is 0 Å². The van der Waals surface area contributed by atoms with Gasteiger partial charge in [0.1, 0.15) is 0 Å². The molecule has 9 nitrogen and oxygen atoms in total. The van der Waals surface area contributed by atoms with E-state index < -0.39 is 5.82 Å². The van der Waals surface area contributed by atoms with E-state index in [1.165, 1.54) is 0 Å². The Balaban J connectivity index is 1.39. The maximum absolute atomic E-state index is 14.2. The summed E-state index contributed by atoms with van der Waals surface area (Å²) in [4.78, 5) is 19.3. The van der Waals surface area contributed by atoms with E-state index in [4.69, 9.17) is 9.73 Å². The molecule has 0 aliphatic carbocycles. The SMILES string of the molecule is CCC(C)C(=NC=C(C)C)c1cccc(Nc2ccc(/C=N/Nc3ncc(F)c(N4CCOCC4)n3)nc2)c1. The average molecular weight is 531 g/mol. The van der Waals surface area contributed by atoms with Crippen LogP contribution in [-0.2, 0) is 4.74 Å². The molecule has 10 heteroatoms. The predicted octanol–water partition coefficient (Wildman–Crippen LogP) is 5.80. The van der Waals surface area contributed by atoms with Crippen molar-refractivity contribution in [2.45, 2.75) is 34.1 Å². The topological polar surface area (TPSA) is 99.9 Å². The fourth-order valence-electron chi connectivity index (χ4n) is 3.92. The third-order valence-electron chi connectivity index (χ3n) is 6.17. The third-order valence-corrected chi connectivity index (χ3v) is 6.17. The molecule has 39 heavy (non-hydrogen) atoms. The molecule has 0 bridgehead atoms. The summed E-state index contributed by atoms with van der Waals surface area (Å²) in [5, 5.41) is 7.57. The molecule has 2 aromatic heterocycles. The Morgan fingerprint density at radius 1 is 1.13 bits per heavy atom. The van der Waals surface area contributed by atoms with Crippen molar-refractivity contribution in [3.05, 3.63) is 77.6 Å². The van der Waals surface area contributed by atoms with Gasteiger partial charge in [-0.2, -0.15) is 10.1 Å². The molecular weight excluding hydrogens is 495 g/mol. The van der Waals surface area contributed by atoms with Gasteiger partial charge < -0.3 is 15.0 Å². The van der Waals surface area contributed by atoms with Crippen molar-refractivity contribution in [2.24, 2.45) is 16.0 Å². The van der Waals surface area contributed by atoms with Gasteiger partial charge in [0.25, 0.3) is 0 Å². The second-order valence-electron chi connectivity index (χ2n) is 9.54. The number of pyridine rings is 1. The first-order valence-electron chi connectivity index (χ1n) is 13.1. The normalized spacial score (nSPS) is 14.8. The number of halogens is 1. The number of benzene rings is 1. The molecule has 1 aliphatic rings. The maximum atomic E-state index is 14.2. The minimum absolute atomic E-state index is 0.206. The number of hydrogen-bond donors (Lipinski definition) is 2. The molecule has 1 saturated heterocycles. The second kappa shape index (κ2) is 13.6. The number of nitrogens with one attached hydrogen (secondary N) is 2. The van der Waals surface area contributed by atoms with Crippen molar-refractivity contribution in [3.63, 3.8) is 0 Å². The van der Waals surface area contributed by atoms with E-state index in [0.29, 0.717) is 37.9 Å². The highest BCUT2D eigenvalue weighted by molar-refractivity contribution is 6.03. The van der Waals surface area contributed by atoms with Crippen molar-refractivity contribution >= 4 is 35.1 Å². The van der Waals surface area contributed by atoms with Crippen LogP contribution in [0.4, 0.5) is 27.5 Å². The lowest BCUT2D eigenvalue weighted by molar-refractivity contribution is 0.122. The quantitative estimate of drug-likeness (QED) is 0.253. The number of hydrogen-bond acceptors (Lipinski definition) is 9. The van der Waals surface area contributed by atoms with Gasteiger partial charge in [-0.1, -0.05) is 31.6 Å². The number of nitrogens with zero attached hydrogens (tertiary/aromatic N) is 6. The molecule has 0 spiro atoms. The Hall–Kier alpha value is -4.18. The number of anilines is 4. The van der Waals surface area contributed by atoms with Gasteiger partial charge in [0.2, 0.25) is 5.95 Å².